The Morgan fingerprint density at radius 2 is 1.97 bits per heavy atom. The summed E-state index contributed by atoms with van der Waals surface area (Å²) in [5, 5.41) is 9.92. The van der Waals surface area contributed by atoms with Crippen molar-refractivity contribution in [2.45, 2.75) is 70.1 Å². The van der Waals surface area contributed by atoms with Crippen molar-refractivity contribution in [1.29, 1.82) is 5.26 Å². The summed E-state index contributed by atoms with van der Waals surface area (Å²) in [5.41, 5.74) is 4.24. The van der Waals surface area contributed by atoms with Crippen LogP contribution in [-0.4, -0.2) is 20.7 Å². The van der Waals surface area contributed by atoms with E-state index in [1.54, 1.807) is 18.3 Å². The van der Waals surface area contributed by atoms with Gasteiger partial charge >= 0.3 is 0 Å². The molecule has 0 amide bonds. The highest BCUT2D eigenvalue weighted by Gasteiger charge is 2.51. The molecule has 0 unspecified atom stereocenters. The molecule has 5 nitrogen and oxygen atoms in total. The third-order valence-corrected chi connectivity index (χ3v) is 8.68. The number of hydrogen-bond donors (Lipinski definition) is 0. The standard InChI is InChI=1S/C32H31FN4O/c1-3-4-7-22-25-13-12-24-28(23-8-5-6-9-26(23)33)36-31(20-14-15-35-27(16-20)19-10-11-19)37-30(24)32(25,2)17-21(18-34)29(22)38/h5-6,8-9,14-17,19,22,25H,3-4,7,10-13H2,1-2H3/t22-,25-,32-/m1/s1. The minimum absolute atomic E-state index is 0.0295. The van der Waals surface area contributed by atoms with Crippen LogP contribution in [0.5, 0.6) is 0 Å². The summed E-state index contributed by atoms with van der Waals surface area (Å²) >= 11 is 0. The predicted molar refractivity (Wildman–Crippen MR) is 144 cm³/mol. The Labute approximate surface area is 222 Å². The van der Waals surface area contributed by atoms with Gasteiger partial charge in [0.25, 0.3) is 0 Å². The maximum Gasteiger partial charge on any atom is 0.176 e. The predicted octanol–water partition coefficient (Wildman–Crippen LogP) is 6.88. The van der Waals surface area contributed by atoms with Gasteiger partial charge in [0.1, 0.15) is 11.9 Å². The van der Waals surface area contributed by atoms with Crippen LogP contribution >= 0.6 is 0 Å². The second-order valence-electron chi connectivity index (χ2n) is 11.2. The van der Waals surface area contributed by atoms with Gasteiger partial charge in [-0.2, -0.15) is 5.26 Å². The number of carbonyl (C=O) groups excluding carboxylic acids is 1. The molecular weight excluding hydrogens is 475 g/mol. The number of benzene rings is 1. The molecule has 6 heteroatoms. The van der Waals surface area contributed by atoms with E-state index in [0.29, 0.717) is 29.4 Å². The zero-order valence-corrected chi connectivity index (χ0v) is 21.9. The minimum Gasteiger partial charge on any atom is -0.293 e. The Morgan fingerprint density at radius 3 is 2.71 bits per heavy atom. The molecule has 2 aromatic heterocycles. The van der Waals surface area contributed by atoms with Gasteiger partial charge in [0.05, 0.1) is 17.0 Å². The second kappa shape index (κ2) is 9.54. The van der Waals surface area contributed by atoms with Gasteiger partial charge in [-0.25, -0.2) is 14.4 Å². The van der Waals surface area contributed by atoms with Crippen molar-refractivity contribution in [3.05, 3.63) is 77.0 Å². The molecule has 6 rings (SSSR count). The van der Waals surface area contributed by atoms with E-state index in [2.05, 4.69) is 31.0 Å². The molecule has 0 saturated heterocycles. The summed E-state index contributed by atoms with van der Waals surface area (Å²) in [6, 6.07) is 12.9. The number of fused-ring (bicyclic) bond motifs is 3. The molecule has 1 aromatic carbocycles. The van der Waals surface area contributed by atoms with Gasteiger partial charge in [0.15, 0.2) is 11.6 Å². The largest absolute Gasteiger partial charge is 0.293 e. The molecule has 0 radical (unpaired) electrons. The SMILES string of the molecule is CCCC[C@H]1C(=O)C(C#N)=C[C@@]2(C)c3nc(-c4ccnc(C5CC5)c4)nc(-c4ccccc4F)c3CC[C@H]12. The van der Waals surface area contributed by atoms with Gasteiger partial charge in [-0.15, -0.1) is 0 Å². The van der Waals surface area contributed by atoms with Crippen LogP contribution in [0, 0.1) is 29.0 Å². The van der Waals surface area contributed by atoms with Crippen LogP contribution < -0.4 is 0 Å². The number of nitrogens with zero attached hydrogens (tertiary/aromatic N) is 4. The van der Waals surface area contributed by atoms with Crippen molar-refractivity contribution in [2.75, 3.05) is 0 Å². The maximum absolute atomic E-state index is 15.2. The number of rotatable bonds is 6. The highest BCUT2D eigenvalue weighted by Crippen LogP contribution is 2.52. The van der Waals surface area contributed by atoms with Gasteiger partial charge in [-0.05, 0) is 62.3 Å². The first-order valence-corrected chi connectivity index (χ1v) is 13.7. The van der Waals surface area contributed by atoms with Crippen molar-refractivity contribution in [1.82, 2.24) is 15.0 Å². The van der Waals surface area contributed by atoms with E-state index in [0.717, 1.165) is 61.0 Å². The first-order valence-electron chi connectivity index (χ1n) is 13.7. The van der Waals surface area contributed by atoms with E-state index in [1.165, 1.54) is 6.07 Å². The lowest BCUT2D eigenvalue weighted by atomic mass is 9.56. The van der Waals surface area contributed by atoms with Gasteiger partial charge in [0.2, 0.25) is 0 Å². The zero-order chi connectivity index (χ0) is 26.4. The molecule has 0 aliphatic heterocycles. The lowest BCUT2D eigenvalue weighted by molar-refractivity contribution is -0.122. The minimum atomic E-state index is -0.630. The molecule has 3 aromatic rings. The molecule has 3 atom stereocenters. The molecule has 3 aliphatic rings. The smallest absolute Gasteiger partial charge is 0.176 e. The van der Waals surface area contributed by atoms with Crippen LogP contribution in [0.25, 0.3) is 22.6 Å². The molecule has 0 bridgehead atoms. The summed E-state index contributed by atoms with van der Waals surface area (Å²) in [7, 11) is 0. The van der Waals surface area contributed by atoms with Crippen molar-refractivity contribution < 1.29 is 9.18 Å². The second-order valence-corrected chi connectivity index (χ2v) is 11.2. The van der Waals surface area contributed by atoms with E-state index in [1.807, 2.05) is 18.2 Å². The van der Waals surface area contributed by atoms with Crippen LogP contribution in [-0.2, 0) is 16.6 Å². The van der Waals surface area contributed by atoms with Crippen molar-refractivity contribution in [2.24, 2.45) is 11.8 Å². The third kappa shape index (κ3) is 4.05. The van der Waals surface area contributed by atoms with Crippen LogP contribution in [0.4, 0.5) is 4.39 Å². The fourth-order valence-corrected chi connectivity index (χ4v) is 6.53. The quantitative estimate of drug-likeness (QED) is 0.364. The normalized spacial score (nSPS) is 24.3. The number of Topliss-reactive ketones (excluding diaryl/α,β-unsaturated/α-hetero) is 1. The molecule has 1 fully saturated rings. The molecular formula is C32H31FN4O. The Morgan fingerprint density at radius 1 is 1.16 bits per heavy atom. The Bertz CT molecular complexity index is 1500. The number of pyridine rings is 1. The maximum atomic E-state index is 15.2. The van der Waals surface area contributed by atoms with Gasteiger partial charge in [-0.1, -0.05) is 44.9 Å². The summed E-state index contributed by atoms with van der Waals surface area (Å²) < 4.78 is 15.2. The fraction of sp³-hybridized carbons (Fsp3) is 0.406. The van der Waals surface area contributed by atoms with E-state index in [-0.39, 0.29) is 29.0 Å². The lowest BCUT2D eigenvalue weighted by Gasteiger charge is -2.46. The van der Waals surface area contributed by atoms with Crippen LogP contribution in [0.2, 0.25) is 0 Å². The molecule has 0 spiro atoms. The average molecular weight is 507 g/mol. The molecule has 192 valence electrons. The first kappa shape index (κ1) is 24.6. The Kier molecular flexibility index (Phi) is 6.18. The summed E-state index contributed by atoms with van der Waals surface area (Å²) in [6.07, 6.45) is 10.0. The number of ketones is 1. The highest BCUT2D eigenvalue weighted by molar-refractivity contribution is 6.02. The molecule has 2 heterocycles. The van der Waals surface area contributed by atoms with E-state index >= 15 is 4.39 Å². The molecule has 0 N–H and O–H groups in total. The number of aromatic nitrogens is 3. The highest BCUT2D eigenvalue weighted by atomic mass is 19.1. The fourth-order valence-electron chi connectivity index (χ4n) is 6.53. The molecule has 3 aliphatic carbocycles. The first-order chi connectivity index (χ1) is 18.4. The Hall–Kier alpha value is -3.72. The summed E-state index contributed by atoms with van der Waals surface area (Å²) in [5.74, 6) is 0.450. The van der Waals surface area contributed by atoms with Crippen molar-refractivity contribution in [3.63, 3.8) is 0 Å². The number of halogens is 1. The summed E-state index contributed by atoms with van der Waals surface area (Å²) in [4.78, 5) is 28.0. The van der Waals surface area contributed by atoms with E-state index < -0.39 is 5.41 Å². The van der Waals surface area contributed by atoms with Crippen LogP contribution in [0.3, 0.4) is 0 Å². The molecule has 38 heavy (non-hydrogen) atoms. The lowest BCUT2D eigenvalue weighted by Crippen LogP contribution is -2.47. The topological polar surface area (TPSA) is 79.5 Å². The monoisotopic (exact) mass is 506 g/mol. The number of hydrogen-bond acceptors (Lipinski definition) is 5. The van der Waals surface area contributed by atoms with Crippen molar-refractivity contribution in [3.8, 4) is 28.7 Å². The molecule has 1 saturated carbocycles. The van der Waals surface area contributed by atoms with Gasteiger partial charge < -0.3 is 0 Å². The Balaban J connectivity index is 1.59. The van der Waals surface area contributed by atoms with Crippen LogP contribution in [0.1, 0.15) is 75.2 Å². The summed E-state index contributed by atoms with van der Waals surface area (Å²) in [6.45, 7) is 4.22. The number of nitriles is 1. The average Bonchev–Trinajstić information content (AvgIpc) is 3.78. The number of carbonyl (C=O) groups is 1. The third-order valence-electron chi connectivity index (χ3n) is 8.68. The van der Waals surface area contributed by atoms with Gasteiger partial charge in [-0.3, -0.25) is 9.78 Å². The van der Waals surface area contributed by atoms with Crippen molar-refractivity contribution >= 4 is 5.78 Å². The van der Waals surface area contributed by atoms with E-state index in [4.69, 9.17) is 9.97 Å². The number of allylic oxidation sites excluding steroid dienone is 2. The van der Waals surface area contributed by atoms with E-state index in [9.17, 15) is 10.1 Å². The number of unbranched alkanes of at least 4 members (excludes halogenated alkanes) is 1. The van der Waals surface area contributed by atoms with Crippen LogP contribution in [0.15, 0.2) is 54.2 Å². The van der Waals surface area contributed by atoms with Gasteiger partial charge in [0, 0.05) is 45.8 Å². The zero-order valence-electron chi connectivity index (χ0n) is 21.9.